The van der Waals surface area contributed by atoms with Crippen molar-refractivity contribution in [3.05, 3.63) is 59.2 Å². The molecule has 0 unspecified atom stereocenters. The first kappa shape index (κ1) is 22.3. The molecule has 7 heteroatoms. The summed E-state index contributed by atoms with van der Waals surface area (Å²) in [5.41, 5.74) is 3.40. The average Bonchev–Trinajstić information content (AvgIpc) is 2.72. The summed E-state index contributed by atoms with van der Waals surface area (Å²) in [6.45, 7) is 11.5. The maximum atomic E-state index is 13.5. The molecule has 0 spiro atoms. The summed E-state index contributed by atoms with van der Waals surface area (Å²) in [7, 11) is -3.88. The maximum absolute atomic E-state index is 13.5. The number of aryl methyl sites for hydroxylation is 3. The van der Waals surface area contributed by atoms with E-state index in [2.05, 4.69) is 11.8 Å². The van der Waals surface area contributed by atoms with Gasteiger partial charge in [0.05, 0.1) is 10.6 Å². The van der Waals surface area contributed by atoms with Gasteiger partial charge in [-0.1, -0.05) is 42.3 Å². The Kier molecular flexibility index (Phi) is 6.83. The molecule has 1 aliphatic heterocycles. The largest absolute Gasteiger partial charge is 0.339 e. The first-order valence-electron chi connectivity index (χ1n) is 10.4. The van der Waals surface area contributed by atoms with Crippen LogP contribution in [0.15, 0.2) is 47.4 Å². The third kappa shape index (κ3) is 4.84. The molecule has 1 amide bonds. The standard InChI is InChI=1S/C23H31N3O3S/c1-5-24-12-14-25(15-13-24)23(27)17-26(22-11-8-19(3)16-20(22)4)30(28,29)21-9-6-18(2)7-10-21/h6-11,16H,5,12-15,17H2,1-4H3. The number of carbonyl (C=O) groups excluding carboxylic acids is 1. The third-order valence-corrected chi connectivity index (χ3v) is 7.46. The molecule has 0 saturated carbocycles. The number of sulfonamides is 1. The first-order chi connectivity index (χ1) is 14.2. The minimum Gasteiger partial charge on any atom is -0.339 e. The molecular formula is C23H31N3O3S. The second kappa shape index (κ2) is 9.18. The SMILES string of the molecule is CCN1CCN(C(=O)CN(c2ccc(C)cc2C)S(=O)(=O)c2ccc(C)cc2)CC1. The van der Waals surface area contributed by atoms with Crippen molar-refractivity contribution in [1.82, 2.24) is 9.80 Å². The lowest BCUT2D eigenvalue weighted by molar-refractivity contribution is -0.131. The zero-order valence-electron chi connectivity index (χ0n) is 18.3. The van der Waals surface area contributed by atoms with Gasteiger partial charge >= 0.3 is 0 Å². The topological polar surface area (TPSA) is 60.9 Å². The lowest BCUT2D eigenvalue weighted by Gasteiger charge is -2.35. The fourth-order valence-electron chi connectivity index (χ4n) is 3.76. The summed E-state index contributed by atoms with van der Waals surface area (Å²) in [5, 5.41) is 0. The highest BCUT2D eigenvalue weighted by Crippen LogP contribution is 2.28. The summed E-state index contributed by atoms with van der Waals surface area (Å²) in [4.78, 5) is 17.3. The van der Waals surface area contributed by atoms with Crippen LogP contribution in [0.1, 0.15) is 23.6 Å². The van der Waals surface area contributed by atoms with Gasteiger partial charge in [0.15, 0.2) is 0 Å². The van der Waals surface area contributed by atoms with Crippen molar-refractivity contribution in [3.8, 4) is 0 Å². The quantitative estimate of drug-likeness (QED) is 0.708. The number of hydrogen-bond donors (Lipinski definition) is 0. The van der Waals surface area contributed by atoms with Crippen LogP contribution in [-0.4, -0.2) is 63.4 Å². The van der Waals surface area contributed by atoms with Crippen LogP contribution in [0.2, 0.25) is 0 Å². The minimum absolute atomic E-state index is 0.165. The summed E-state index contributed by atoms with van der Waals surface area (Å²) in [5.74, 6) is -0.165. The maximum Gasteiger partial charge on any atom is 0.264 e. The summed E-state index contributed by atoms with van der Waals surface area (Å²) < 4.78 is 28.4. The van der Waals surface area contributed by atoms with Gasteiger partial charge in [-0.3, -0.25) is 9.10 Å². The molecule has 0 bridgehead atoms. The number of piperazine rings is 1. The highest BCUT2D eigenvalue weighted by atomic mass is 32.2. The lowest BCUT2D eigenvalue weighted by Crippen LogP contribution is -2.51. The normalized spacial score (nSPS) is 15.3. The lowest BCUT2D eigenvalue weighted by atomic mass is 10.1. The van der Waals surface area contributed by atoms with Crippen molar-refractivity contribution in [2.24, 2.45) is 0 Å². The third-order valence-electron chi connectivity index (χ3n) is 5.68. The van der Waals surface area contributed by atoms with Gasteiger partial charge in [-0.25, -0.2) is 8.42 Å². The molecule has 1 fully saturated rings. The molecule has 0 radical (unpaired) electrons. The molecule has 0 aromatic heterocycles. The van der Waals surface area contributed by atoms with Crippen LogP contribution in [0.25, 0.3) is 0 Å². The molecule has 1 saturated heterocycles. The Morgan fingerprint density at radius 1 is 0.933 bits per heavy atom. The van der Waals surface area contributed by atoms with Crippen LogP contribution < -0.4 is 4.31 Å². The van der Waals surface area contributed by atoms with E-state index in [1.54, 1.807) is 35.2 Å². The second-order valence-corrected chi connectivity index (χ2v) is 9.79. The molecule has 162 valence electrons. The first-order valence-corrected chi connectivity index (χ1v) is 11.8. The van der Waals surface area contributed by atoms with Crippen LogP contribution in [0.4, 0.5) is 5.69 Å². The van der Waals surface area contributed by atoms with Gasteiger partial charge in [-0.15, -0.1) is 0 Å². The van der Waals surface area contributed by atoms with Crippen molar-refractivity contribution in [2.75, 3.05) is 43.6 Å². The fraction of sp³-hybridized carbons (Fsp3) is 0.435. The summed E-state index contributed by atoms with van der Waals surface area (Å²) in [6.07, 6.45) is 0. The van der Waals surface area contributed by atoms with E-state index in [1.165, 1.54) is 4.31 Å². The molecular weight excluding hydrogens is 398 g/mol. The van der Waals surface area contributed by atoms with Crippen LogP contribution in [0.5, 0.6) is 0 Å². The Hall–Kier alpha value is -2.38. The molecule has 6 nitrogen and oxygen atoms in total. The van der Waals surface area contributed by atoms with E-state index in [1.807, 2.05) is 32.9 Å². The average molecular weight is 430 g/mol. The number of likely N-dealkylation sites (N-methyl/N-ethyl adjacent to an activating group) is 1. The van der Waals surface area contributed by atoms with Crippen molar-refractivity contribution >= 4 is 21.6 Å². The monoisotopic (exact) mass is 429 g/mol. The van der Waals surface area contributed by atoms with E-state index in [4.69, 9.17) is 0 Å². The van der Waals surface area contributed by atoms with E-state index >= 15 is 0 Å². The zero-order chi connectivity index (χ0) is 21.9. The van der Waals surface area contributed by atoms with Crippen molar-refractivity contribution in [3.63, 3.8) is 0 Å². The molecule has 2 aromatic carbocycles. The van der Waals surface area contributed by atoms with Gasteiger partial charge in [-0.2, -0.15) is 0 Å². The van der Waals surface area contributed by atoms with E-state index in [0.717, 1.165) is 36.3 Å². The number of nitrogens with zero attached hydrogens (tertiary/aromatic N) is 3. The zero-order valence-corrected chi connectivity index (χ0v) is 19.1. The summed E-state index contributed by atoms with van der Waals surface area (Å²) >= 11 is 0. The molecule has 3 rings (SSSR count). The number of hydrogen-bond acceptors (Lipinski definition) is 4. The molecule has 30 heavy (non-hydrogen) atoms. The van der Waals surface area contributed by atoms with Crippen LogP contribution in [-0.2, 0) is 14.8 Å². The van der Waals surface area contributed by atoms with E-state index in [-0.39, 0.29) is 17.3 Å². The number of anilines is 1. The molecule has 0 N–H and O–H groups in total. The summed E-state index contributed by atoms with van der Waals surface area (Å²) in [6, 6.07) is 12.4. The predicted octanol–water partition coefficient (Wildman–Crippen LogP) is 2.97. The molecule has 0 aliphatic carbocycles. The molecule has 1 heterocycles. The fourth-order valence-corrected chi connectivity index (χ4v) is 5.24. The minimum atomic E-state index is -3.88. The van der Waals surface area contributed by atoms with Gasteiger partial charge in [0.25, 0.3) is 10.0 Å². The Bertz CT molecular complexity index is 995. The number of amides is 1. The van der Waals surface area contributed by atoms with Crippen LogP contribution in [0.3, 0.4) is 0 Å². The Morgan fingerprint density at radius 3 is 2.10 bits per heavy atom. The van der Waals surface area contributed by atoms with Crippen molar-refractivity contribution in [2.45, 2.75) is 32.6 Å². The Morgan fingerprint density at radius 2 is 1.53 bits per heavy atom. The van der Waals surface area contributed by atoms with Gasteiger partial charge in [0, 0.05) is 26.2 Å². The van der Waals surface area contributed by atoms with Gasteiger partial charge in [0.2, 0.25) is 5.91 Å². The molecule has 0 atom stereocenters. The van der Waals surface area contributed by atoms with E-state index < -0.39 is 10.0 Å². The van der Waals surface area contributed by atoms with Crippen molar-refractivity contribution < 1.29 is 13.2 Å². The predicted molar refractivity (Wildman–Crippen MR) is 120 cm³/mol. The van der Waals surface area contributed by atoms with Gasteiger partial charge in [-0.05, 0) is 51.1 Å². The Labute approximate surface area is 180 Å². The van der Waals surface area contributed by atoms with Gasteiger partial charge < -0.3 is 9.80 Å². The van der Waals surface area contributed by atoms with Gasteiger partial charge in [0.1, 0.15) is 6.54 Å². The van der Waals surface area contributed by atoms with Crippen LogP contribution in [0, 0.1) is 20.8 Å². The number of benzene rings is 2. The number of carbonyl (C=O) groups is 1. The smallest absolute Gasteiger partial charge is 0.264 e. The van der Waals surface area contributed by atoms with Crippen LogP contribution >= 0.6 is 0 Å². The number of rotatable bonds is 6. The molecule has 2 aromatic rings. The van der Waals surface area contributed by atoms with Crippen molar-refractivity contribution in [1.29, 1.82) is 0 Å². The molecule has 1 aliphatic rings. The highest BCUT2D eigenvalue weighted by Gasteiger charge is 2.30. The van der Waals surface area contributed by atoms with E-state index in [0.29, 0.717) is 18.8 Å². The Balaban J connectivity index is 1.94. The highest BCUT2D eigenvalue weighted by molar-refractivity contribution is 7.92. The van der Waals surface area contributed by atoms with E-state index in [9.17, 15) is 13.2 Å². The second-order valence-electron chi connectivity index (χ2n) is 7.93.